The van der Waals surface area contributed by atoms with Gasteiger partial charge >= 0.3 is 6.18 Å². The summed E-state index contributed by atoms with van der Waals surface area (Å²) in [5.74, 6) is -1.59. The first-order valence-electron chi connectivity index (χ1n) is 13.5. The van der Waals surface area contributed by atoms with Crippen molar-refractivity contribution in [3.63, 3.8) is 0 Å². The summed E-state index contributed by atoms with van der Waals surface area (Å²) in [6.07, 6.45) is -2.35. The van der Waals surface area contributed by atoms with Gasteiger partial charge in [-0.1, -0.05) is 35.3 Å². The highest BCUT2D eigenvalue weighted by Gasteiger charge is 2.40. The van der Waals surface area contributed by atoms with Gasteiger partial charge in [0, 0.05) is 57.8 Å². The zero-order valence-electron chi connectivity index (χ0n) is 23.5. The van der Waals surface area contributed by atoms with Crippen molar-refractivity contribution in [2.75, 3.05) is 53.1 Å². The first-order valence-corrected chi connectivity index (χ1v) is 16.1. The molecule has 1 amide bonds. The molecule has 2 atom stereocenters. The highest BCUT2D eigenvalue weighted by molar-refractivity contribution is 7.88. The van der Waals surface area contributed by atoms with Crippen LogP contribution in [0, 0.1) is 5.82 Å². The zero-order valence-corrected chi connectivity index (χ0v) is 25.9. The van der Waals surface area contributed by atoms with Crippen LogP contribution in [0.15, 0.2) is 36.4 Å². The minimum atomic E-state index is -4.78. The second-order valence-electron chi connectivity index (χ2n) is 11.2. The van der Waals surface area contributed by atoms with E-state index < -0.39 is 27.6 Å². The Kier molecular flexibility index (Phi) is 10.2. The molecule has 4 rings (SSSR count). The Bertz CT molecular complexity index is 1400. The Morgan fingerprint density at radius 1 is 1.02 bits per heavy atom. The van der Waals surface area contributed by atoms with Crippen LogP contribution in [-0.4, -0.2) is 98.5 Å². The predicted molar refractivity (Wildman–Crippen MR) is 155 cm³/mol. The van der Waals surface area contributed by atoms with Gasteiger partial charge in [0.05, 0.1) is 28.4 Å². The number of halogens is 6. The van der Waals surface area contributed by atoms with Crippen LogP contribution >= 0.6 is 23.2 Å². The van der Waals surface area contributed by atoms with Crippen LogP contribution in [0.1, 0.15) is 35.4 Å². The van der Waals surface area contributed by atoms with Crippen LogP contribution in [-0.2, 0) is 27.5 Å². The third-order valence-corrected chi connectivity index (χ3v) is 10.4. The molecule has 14 heteroatoms. The standard InChI is InChI=1S/C28H34Cl2F4N4O3S/c1-35(14-18-4-6-22(25(31)12-18)28(32,33)34)26-16-38(15-21(26)19-5-7-23(29)24(30)13-19)27(39)17-37-10-8-20(9-11-37)36(2)42(3,40)41/h4-7,12-13,20-21,26H,8-11,14-17H2,1-3H3/t21-,26?/m1/s1. The van der Waals surface area contributed by atoms with Crippen LogP contribution in [0.2, 0.25) is 10.0 Å². The van der Waals surface area contributed by atoms with Gasteiger partial charge in [-0.3, -0.25) is 14.6 Å². The molecule has 232 valence electrons. The van der Waals surface area contributed by atoms with E-state index in [9.17, 15) is 30.8 Å². The summed E-state index contributed by atoms with van der Waals surface area (Å²) in [7, 11) is 0.0707. The average Bonchev–Trinajstić information content (AvgIpc) is 3.35. The normalized spacial score (nSPS) is 21.1. The Balaban J connectivity index is 1.47. The maximum absolute atomic E-state index is 14.3. The first kappa shape index (κ1) is 32.9. The lowest BCUT2D eigenvalue weighted by atomic mass is 9.93. The van der Waals surface area contributed by atoms with Crippen molar-refractivity contribution >= 4 is 39.1 Å². The van der Waals surface area contributed by atoms with Crippen molar-refractivity contribution in [1.29, 1.82) is 0 Å². The molecule has 0 radical (unpaired) electrons. The fraction of sp³-hybridized carbons (Fsp3) is 0.536. The van der Waals surface area contributed by atoms with E-state index in [1.165, 1.54) is 16.6 Å². The maximum Gasteiger partial charge on any atom is 0.419 e. The molecule has 0 saturated carbocycles. The van der Waals surface area contributed by atoms with Gasteiger partial charge in [-0.05, 0) is 55.3 Å². The van der Waals surface area contributed by atoms with E-state index in [1.807, 2.05) is 15.9 Å². The van der Waals surface area contributed by atoms with Crippen LogP contribution < -0.4 is 0 Å². The number of amides is 1. The maximum atomic E-state index is 14.3. The van der Waals surface area contributed by atoms with Crippen molar-refractivity contribution in [2.24, 2.45) is 0 Å². The molecule has 0 spiro atoms. The van der Waals surface area contributed by atoms with Crippen LogP contribution in [0.3, 0.4) is 0 Å². The highest BCUT2D eigenvalue weighted by atomic mass is 35.5. The van der Waals surface area contributed by atoms with Crippen molar-refractivity contribution in [3.05, 3.63) is 69.0 Å². The largest absolute Gasteiger partial charge is 0.419 e. The Labute approximate surface area is 254 Å². The fourth-order valence-electron chi connectivity index (χ4n) is 5.80. The molecule has 1 unspecified atom stereocenters. The molecule has 0 bridgehead atoms. The van der Waals surface area contributed by atoms with Gasteiger partial charge in [0.1, 0.15) is 5.82 Å². The number of piperidine rings is 1. The fourth-order valence-corrected chi connectivity index (χ4v) is 6.86. The van der Waals surface area contributed by atoms with Gasteiger partial charge < -0.3 is 4.90 Å². The average molecular weight is 654 g/mol. The quantitative estimate of drug-likeness (QED) is 0.379. The van der Waals surface area contributed by atoms with Crippen molar-refractivity contribution in [1.82, 2.24) is 19.0 Å². The molecular formula is C28H34Cl2F4N4O3S. The molecular weight excluding hydrogens is 619 g/mol. The van der Waals surface area contributed by atoms with E-state index in [2.05, 4.69) is 0 Å². The topological polar surface area (TPSA) is 64.2 Å². The molecule has 2 fully saturated rings. The summed E-state index contributed by atoms with van der Waals surface area (Å²) in [6.45, 7) is 2.27. The number of carbonyl (C=O) groups excluding carboxylic acids is 1. The summed E-state index contributed by atoms with van der Waals surface area (Å²) < 4.78 is 78.5. The smallest absolute Gasteiger partial charge is 0.339 e. The molecule has 2 heterocycles. The van der Waals surface area contributed by atoms with Crippen LogP contribution in [0.4, 0.5) is 17.6 Å². The third kappa shape index (κ3) is 7.75. The number of likely N-dealkylation sites (N-methyl/N-ethyl adjacent to an activating group) is 1. The summed E-state index contributed by atoms with van der Waals surface area (Å²) >= 11 is 12.4. The number of hydrogen-bond acceptors (Lipinski definition) is 5. The van der Waals surface area contributed by atoms with E-state index in [0.717, 1.165) is 17.7 Å². The monoisotopic (exact) mass is 652 g/mol. The lowest BCUT2D eigenvalue weighted by molar-refractivity contribution is -0.140. The molecule has 42 heavy (non-hydrogen) atoms. The summed E-state index contributed by atoms with van der Waals surface area (Å²) in [5.41, 5.74) is -0.0744. The molecule has 0 aliphatic carbocycles. The molecule has 2 aromatic rings. The summed E-state index contributed by atoms with van der Waals surface area (Å²) in [6, 6.07) is 7.85. The molecule has 2 aliphatic heterocycles. The van der Waals surface area contributed by atoms with Gasteiger partial charge in [0.15, 0.2) is 0 Å². The Morgan fingerprint density at radius 3 is 2.26 bits per heavy atom. The Morgan fingerprint density at radius 2 is 1.69 bits per heavy atom. The van der Waals surface area contributed by atoms with Crippen molar-refractivity contribution < 1.29 is 30.8 Å². The van der Waals surface area contributed by atoms with Gasteiger partial charge in [0.25, 0.3) is 0 Å². The third-order valence-electron chi connectivity index (χ3n) is 8.30. The number of alkyl halides is 3. The number of rotatable bonds is 8. The van der Waals surface area contributed by atoms with E-state index in [4.69, 9.17) is 23.2 Å². The zero-order chi connectivity index (χ0) is 31.0. The first-order chi connectivity index (χ1) is 19.5. The number of sulfonamides is 1. The number of carbonyl (C=O) groups is 1. The lowest BCUT2D eigenvalue weighted by Gasteiger charge is -2.35. The second-order valence-corrected chi connectivity index (χ2v) is 14.0. The van der Waals surface area contributed by atoms with Crippen molar-refractivity contribution in [2.45, 2.75) is 43.6 Å². The van der Waals surface area contributed by atoms with Gasteiger partial charge in [-0.2, -0.15) is 13.2 Å². The number of nitrogens with zero attached hydrogens (tertiary/aromatic N) is 4. The molecule has 0 N–H and O–H groups in total. The van der Waals surface area contributed by atoms with E-state index in [1.54, 1.807) is 31.1 Å². The molecule has 2 aromatic carbocycles. The van der Waals surface area contributed by atoms with Gasteiger partial charge in [-0.25, -0.2) is 17.1 Å². The predicted octanol–water partition coefficient (Wildman–Crippen LogP) is 4.93. The van der Waals surface area contributed by atoms with Crippen molar-refractivity contribution in [3.8, 4) is 0 Å². The second kappa shape index (κ2) is 13.0. The number of benzene rings is 2. The van der Waals surface area contributed by atoms with E-state index >= 15 is 0 Å². The SMILES string of the molecule is CN(Cc1ccc(C(F)(F)F)c(F)c1)C1CN(C(=O)CN2CCC(N(C)S(C)(=O)=O)CC2)C[C@@H]1c1ccc(Cl)c(Cl)c1. The number of hydrogen-bond donors (Lipinski definition) is 0. The van der Waals surface area contributed by atoms with Crippen LogP contribution in [0.5, 0.6) is 0 Å². The van der Waals surface area contributed by atoms with Gasteiger partial charge in [0.2, 0.25) is 15.9 Å². The molecule has 7 nitrogen and oxygen atoms in total. The Hall–Kier alpha value is -1.96. The molecule has 2 aliphatic rings. The van der Waals surface area contributed by atoms with E-state index in [0.29, 0.717) is 54.6 Å². The van der Waals surface area contributed by atoms with Crippen LogP contribution in [0.25, 0.3) is 0 Å². The highest BCUT2D eigenvalue weighted by Crippen LogP contribution is 2.36. The minimum absolute atomic E-state index is 0.0774. The molecule has 2 saturated heterocycles. The summed E-state index contributed by atoms with van der Waals surface area (Å²) in [4.78, 5) is 19.1. The van der Waals surface area contributed by atoms with E-state index in [-0.39, 0.29) is 37.0 Å². The summed E-state index contributed by atoms with van der Waals surface area (Å²) in [5, 5.41) is 0.758. The van der Waals surface area contributed by atoms with Gasteiger partial charge in [-0.15, -0.1) is 0 Å². The minimum Gasteiger partial charge on any atom is -0.339 e. The number of likely N-dealkylation sites (tertiary alicyclic amines) is 2. The molecule has 0 aromatic heterocycles. The lowest BCUT2D eigenvalue weighted by Crippen LogP contribution is -2.48.